The van der Waals surface area contributed by atoms with Gasteiger partial charge in [-0.15, -0.1) is 0 Å². The second kappa shape index (κ2) is 8.29. The van der Waals surface area contributed by atoms with Crippen LogP contribution in [0.4, 0.5) is 0 Å². The van der Waals surface area contributed by atoms with E-state index in [4.69, 9.17) is 9.47 Å². The monoisotopic (exact) mass is 393 g/mol. The second-order valence-electron chi connectivity index (χ2n) is 7.81. The molecule has 0 aromatic heterocycles. The summed E-state index contributed by atoms with van der Waals surface area (Å²) in [5.41, 5.74) is 1.87. The van der Waals surface area contributed by atoms with Gasteiger partial charge in [-0.05, 0) is 51.3 Å². The van der Waals surface area contributed by atoms with E-state index < -0.39 is 0 Å². The number of ether oxygens (including phenoxy) is 2. The summed E-state index contributed by atoms with van der Waals surface area (Å²) >= 11 is 0. The Balaban J connectivity index is 1.66. The highest BCUT2D eigenvalue weighted by Gasteiger charge is 2.32. The van der Waals surface area contributed by atoms with Gasteiger partial charge in [0.15, 0.2) is 5.76 Å². The summed E-state index contributed by atoms with van der Waals surface area (Å²) in [6.45, 7) is 6.32. The fourth-order valence-electron chi connectivity index (χ4n) is 4.23. The van der Waals surface area contributed by atoms with Crippen molar-refractivity contribution >= 4 is 11.9 Å². The largest absolute Gasteiger partial charge is 0.872 e. The van der Waals surface area contributed by atoms with Crippen molar-refractivity contribution in [2.45, 2.75) is 45.7 Å². The van der Waals surface area contributed by atoms with E-state index in [9.17, 15) is 9.90 Å². The number of piperidine rings is 1. The van der Waals surface area contributed by atoms with Crippen molar-refractivity contribution in [3.63, 3.8) is 0 Å². The third-order valence-electron chi connectivity index (χ3n) is 5.89. The van der Waals surface area contributed by atoms with Crippen molar-refractivity contribution in [3.05, 3.63) is 58.8 Å². The smallest absolute Gasteiger partial charge is 0.231 e. The fraction of sp³-hybridized carbons (Fsp3) is 0.375. The van der Waals surface area contributed by atoms with E-state index in [1.54, 1.807) is 12.1 Å². The Morgan fingerprint density at radius 1 is 1.24 bits per heavy atom. The van der Waals surface area contributed by atoms with Crippen LogP contribution in [-0.2, 0) is 6.54 Å². The van der Waals surface area contributed by atoms with Crippen LogP contribution in [0.1, 0.15) is 54.6 Å². The Morgan fingerprint density at radius 2 is 2.07 bits per heavy atom. The molecule has 2 aromatic rings. The van der Waals surface area contributed by atoms with Crippen molar-refractivity contribution in [1.82, 2.24) is 0 Å². The zero-order valence-corrected chi connectivity index (χ0v) is 17.0. The average Bonchev–Trinajstić information content (AvgIpc) is 3.03. The highest BCUT2D eigenvalue weighted by atomic mass is 16.5. The Bertz CT molecular complexity index is 950. The molecule has 0 amide bonds. The molecule has 0 radical (unpaired) electrons. The summed E-state index contributed by atoms with van der Waals surface area (Å²) in [6, 6.07) is 11.1. The predicted molar refractivity (Wildman–Crippen MR) is 109 cm³/mol. The SMILES string of the molecule is CCOc1ccccc1C=C1Oc2c(ccc([O-])c2C[NH+]2CCCCC2C)C1=O. The van der Waals surface area contributed by atoms with Crippen LogP contribution in [-0.4, -0.2) is 25.0 Å². The molecule has 0 spiro atoms. The van der Waals surface area contributed by atoms with Gasteiger partial charge in [0.05, 0.1) is 24.8 Å². The lowest BCUT2D eigenvalue weighted by Crippen LogP contribution is -3.14. The minimum atomic E-state index is -0.186. The van der Waals surface area contributed by atoms with E-state index in [1.807, 2.05) is 31.2 Å². The number of hydrogen-bond acceptors (Lipinski definition) is 4. The number of Topliss-reactive ketones (excluding diaryl/α,β-unsaturated/α-hetero) is 1. The maximum absolute atomic E-state index is 12.9. The number of nitrogens with one attached hydrogen (secondary N) is 1. The van der Waals surface area contributed by atoms with Gasteiger partial charge in [0.1, 0.15) is 18.0 Å². The molecule has 1 saturated heterocycles. The average molecular weight is 393 g/mol. The zero-order valence-electron chi connectivity index (χ0n) is 17.0. The molecule has 2 heterocycles. The molecule has 2 unspecified atom stereocenters. The number of rotatable bonds is 5. The molecule has 2 aromatic carbocycles. The fourth-order valence-corrected chi connectivity index (χ4v) is 4.23. The molecule has 5 heteroatoms. The number of likely N-dealkylation sites (tertiary alicyclic amines) is 1. The number of fused-ring (bicyclic) bond motifs is 1. The maximum Gasteiger partial charge on any atom is 0.231 e. The Kier molecular flexibility index (Phi) is 5.58. The molecule has 0 saturated carbocycles. The summed E-state index contributed by atoms with van der Waals surface area (Å²) < 4.78 is 11.6. The molecule has 0 bridgehead atoms. The van der Waals surface area contributed by atoms with Crippen LogP contribution in [0.25, 0.3) is 6.08 Å². The molecule has 0 aliphatic carbocycles. The van der Waals surface area contributed by atoms with Gasteiger partial charge in [-0.1, -0.05) is 30.0 Å². The van der Waals surface area contributed by atoms with Crippen LogP contribution in [0.15, 0.2) is 42.2 Å². The number of quaternary nitrogens is 1. The first kappa shape index (κ1) is 19.5. The van der Waals surface area contributed by atoms with Gasteiger partial charge < -0.3 is 19.5 Å². The van der Waals surface area contributed by atoms with Crippen LogP contribution in [0.2, 0.25) is 0 Å². The number of benzene rings is 2. The third-order valence-corrected chi connectivity index (χ3v) is 5.89. The first-order valence-corrected chi connectivity index (χ1v) is 10.4. The molecule has 2 aliphatic heterocycles. The van der Waals surface area contributed by atoms with Crippen molar-refractivity contribution in [2.75, 3.05) is 13.2 Å². The van der Waals surface area contributed by atoms with Gasteiger partial charge in [-0.25, -0.2) is 0 Å². The van der Waals surface area contributed by atoms with Crippen LogP contribution >= 0.6 is 0 Å². The molecule has 2 atom stereocenters. The van der Waals surface area contributed by atoms with Crippen molar-refractivity contribution in [1.29, 1.82) is 0 Å². The summed E-state index contributed by atoms with van der Waals surface area (Å²) in [5.74, 6) is 1.13. The molecule has 1 N–H and O–H groups in total. The molecule has 1 fully saturated rings. The van der Waals surface area contributed by atoms with E-state index in [-0.39, 0.29) is 17.3 Å². The maximum atomic E-state index is 12.9. The van der Waals surface area contributed by atoms with Gasteiger partial charge in [0.2, 0.25) is 5.78 Å². The minimum Gasteiger partial charge on any atom is -0.872 e. The van der Waals surface area contributed by atoms with Crippen LogP contribution < -0.4 is 19.5 Å². The van der Waals surface area contributed by atoms with E-state index in [1.165, 1.54) is 23.8 Å². The molecule has 29 heavy (non-hydrogen) atoms. The van der Waals surface area contributed by atoms with E-state index >= 15 is 0 Å². The Labute approximate surface area is 171 Å². The number of carbonyl (C=O) groups is 1. The van der Waals surface area contributed by atoms with Crippen LogP contribution in [0, 0.1) is 0 Å². The molecule has 4 rings (SSSR count). The van der Waals surface area contributed by atoms with Crippen molar-refractivity contribution in [3.8, 4) is 17.2 Å². The molecular weight excluding hydrogens is 366 g/mol. The third kappa shape index (κ3) is 3.87. The highest BCUT2D eigenvalue weighted by molar-refractivity contribution is 6.15. The Hall–Kier alpha value is -2.79. The number of para-hydroxylation sites is 1. The number of ketones is 1. The number of carbonyl (C=O) groups excluding carboxylic acids is 1. The van der Waals surface area contributed by atoms with Crippen molar-refractivity contribution in [2.24, 2.45) is 0 Å². The van der Waals surface area contributed by atoms with Gasteiger partial charge in [0, 0.05) is 11.1 Å². The first-order valence-electron chi connectivity index (χ1n) is 10.4. The van der Waals surface area contributed by atoms with E-state index in [0.29, 0.717) is 41.8 Å². The summed E-state index contributed by atoms with van der Waals surface area (Å²) in [6.07, 6.45) is 5.28. The molecular formula is C24H27NO4. The van der Waals surface area contributed by atoms with Crippen LogP contribution in [0.3, 0.4) is 0 Å². The quantitative estimate of drug-likeness (QED) is 0.794. The molecule has 5 nitrogen and oxygen atoms in total. The molecule has 152 valence electrons. The topological polar surface area (TPSA) is 63.0 Å². The standard InChI is InChI=1S/C24H27NO4/c1-3-28-21-10-5-4-9-17(21)14-22-23(27)18-11-12-20(26)19(24(18)29-22)15-25-13-7-6-8-16(25)2/h4-5,9-12,14,16,26H,3,6-8,13,15H2,1-2H3. The van der Waals surface area contributed by atoms with E-state index in [0.717, 1.165) is 18.5 Å². The minimum absolute atomic E-state index is 0.0576. The normalized spacial score (nSPS) is 22.4. The summed E-state index contributed by atoms with van der Waals surface area (Å²) in [4.78, 5) is 14.3. The van der Waals surface area contributed by atoms with Gasteiger partial charge >= 0.3 is 0 Å². The lowest BCUT2D eigenvalue weighted by Gasteiger charge is -2.31. The number of hydrogen-bond donors (Lipinski definition) is 1. The zero-order chi connectivity index (χ0) is 20.4. The summed E-state index contributed by atoms with van der Waals surface area (Å²) in [7, 11) is 0. The van der Waals surface area contributed by atoms with Gasteiger partial charge in [-0.2, -0.15) is 0 Å². The first-order chi connectivity index (χ1) is 14.1. The lowest BCUT2D eigenvalue weighted by molar-refractivity contribution is -0.942. The predicted octanol–water partition coefficient (Wildman–Crippen LogP) is 2.73. The van der Waals surface area contributed by atoms with E-state index in [2.05, 4.69) is 6.92 Å². The van der Waals surface area contributed by atoms with Crippen molar-refractivity contribution < 1.29 is 24.3 Å². The van der Waals surface area contributed by atoms with Crippen LogP contribution in [0.5, 0.6) is 17.2 Å². The van der Waals surface area contributed by atoms with Gasteiger partial charge in [-0.3, -0.25) is 4.79 Å². The number of allylic oxidation sites excluding steroid dienone is 1. The Morgan fingerprint density at radius 3 is 2.86 bits per heavy atom. The second-order valence-corrected chi connectivity index (χ2v) is 7.81. The summed E-state index contributed by atoms with van der Waals surface area (Å²) in [5, 5.41) is 12.6. The molecule has 2 aliphatic rings. The van der Waals surface area contributed by atoms with Gasteiger partial charge in [0.25, 0.3) is 0 Å². The lowest BCUT2D eigenvalue weighted by atomic mass is 10.0. The highest BCUT2D eigenvalue weighted by Crippen LogP contribution is 2.39.